The van der Waals surface area contributed by atoms with Crippen LogP contribution in [0.3, 0.4) is 0 Å². The predicted molar refractivity (Wildman–Crippen MR) is 62.6 cm³/mol. The summed E-state index contributed by atoms with van der Waals surface area (Å²) in [5.41, 5.74) is 1.93. The number of anilines is 1. The molecule has 1 saturated heterocycles. The topological polar surface area (TPSA) is 82.0 Å². The molecule has 0 bridgehead atoms. The monoisotopic (exact) mass is 239 g/mol. The highest BCUT2D eigenvalue weighted by Gasteiger charge is 2.37. The van der Waals surface area contributed by atoms with Crippen LogP contribution in [-0.2, 0) is 4.74 Å². The molecular formula is C12H17NO4. The summed E-state index contributed by atoms with van der Waals surface area (Å²) in [5.74, 6) is 0. The lowest BCUT2D eigenvalue weighted by atomic mass is 10.0. The van der Waals surface area contributed by atoms with Crippen LogP contribution in [0.1, 0.15) is 5.56 Å². The van der Waals surface area contributed by atoms with Crippen molar-refractivity contribution >= 4 is 5.69 Å². The number of ether oxygens (including phenoxy) is 1. The zero-order chi connectivity index (χ0) is 12.4. The Hall–Kier alpha value is -1.14. The average molecular weight is 239 g/mol. The molecule has 4 atom stereocenters. The van der Waals surface area contributed by atoms with Gasteiger partial charge in [0.2, 0.25) is 0 Å². The van der Waals surface area contributed by atoms with Crippen molar-refractivity contribution in [2.75, 3.05) is 11.9 Å². The first-order valence-electron chi connectivity index (χ1n) is 5.57. The molecule has 1 aliphatic rings. The van der Waals surface area contributed by atoms with Gasteiger partial charge in [-0.1, -0.05) is 17.7 Å². The predicted octanol–water partition coefficient (Wildman–Crippen LogP) is -0.154. The first-order valence-corrected chi connectivity index (χ1v) is 5.57. The second-order valence-electron chi connectivity index (χ2n) is 4.31. The molecule has 1 aromatic rings. The van der Waals surface area contributed by atoms with E-state index in [4.69, 9.17) is 4.74 Å². The maximum absolute atomic E-state index is 9.73. The molecule has 0 radical (unpaired) electrons. The number of aliphatic hydroxyl groups excluding tert-OH is 3. The van der Waals surface area contributed by atoms with E-state index in [1.165, 1.54) is 0 Å². The molecule has 0 spiro atoms. The molecule has 4 N–H and O–H groups in total. The summed E-state index contributed by atoms with van der Waals surface area (Å²) < 4.78 is 5.24. The summed E-state index contributed by atoms with van der Waals surface area (Å²) in [6, 6.07) is 7.59. The van der Waals surface area contributed by atoms with Gasteiger partial charge in [-0.05, 0) is 19.1 Å². The van der Waals surface area contributed by atoms with E-state index >= 15 is 0 Å². The summed E-state index contributed by atoms with van der Waals surface area (Å²) >= 11 is 0. The highest BCUT2D eigenvalue weighted by molar-refractivity contribution is 5.45. The minimum atomic E-state index is -1.19. The third-order valence-corrected chi connectivity index (χ3v) is 2.86. The second kappa shape index (κ2) is 5.01. The Morgan fingerprint density at radius 2 is 1.76 bits per heavy atom. The zero-order valence-corrected chi connectivity index (χ0v) is 9.58. The Kier molecular flexibility index (Phi) is 3.63. The molecule has 5 nitrogen and oxygen atoms in total. The molecule has 17 heavy (non-hydrogen) atoms. The number of nitrogens with one attached hydrogen (secondary N) is 1. The maximum Gasteiger partial charge on any atom is 0.156 e. The molecule has 2 rings (SSSR count). The molecule has 0 amide bonds. The van der Waals surface area contributed by atoms with Crippen molar-refractivity contribution in [1.82, 2.24) is 0 Å². The number of aliphatic hydroxyl groups is 3. The number of benzene rings is 1. The second-order valence-corrected chi connectivity index (χ2v) is 4.31. The number of aryl methyl sites for hydroxylation is 1. The molecular weight excluding hydrogens is 222 g/mol. The maximum atomic E-state index is 9.73. The van der Waals surface area contributed by atoms with Gasteiger partial charge in [-0.2, -0.15) is 0 Å². The van der Waals surface area contributed by atoms with E-state index in [0.29, 0.717) is 0 Å². The third kappa shape index (κ3) is 2.76. The molecule has 0 saturated carbocycles. The van der Waals surface area contributed by atoms with E-state index in [0.717, 1.165) is 11.3 Å². The summed E-state index contributed by atoms with van der Waals surface area (Å²) in [6.07, 6.45) is -4.09. The number of hydrogen-bond acceptors (Lipinski definition) is 5. The van der Waals surface area contributed by atoms with Gasteiger partial charge in [-0.3, -0.25) is 0 Å². The van der Waals surface area contributed by atoms with Crippen LogP contribution in [-0.4, -0.2) is 46.5 Å². The molecule has 1 fully saturated rings. The smallest absolute Gasteiger partial charge is 0.156 e. The Morgan fingerprint density at radius 1 is 1.12 bits per heavy atom. The van der Waals surface area contributed by atoms with Crippen LogP contribution in [0.5, 0.6) is 0 Å². The lowest BCUT2D eigenvalue weighted by Gasteiger charge is -2.35. The van der Waals surface area contributed by atoms with Gasteiger partial charge in [-0.25, -0.2) is 0 Å². The third-order valence-electron chi connectivity index (χ3n) is 2.86. The van der Waals surface area contributed by atoms with Crippen molar-refractivity contribution in [2.24, 2.45) is 0 Å². The number of hydrogen-bond donors (Lipinski definition) is 4. The van der Waals surface area contributed by atoms with Crippen molar-refractivity contribution in [3.05, 3.63) is 29.8 Å². The van der Waals surface area contributed by atoms with Gasteiger partial charge in [0, 0.05) is 5.69 Å². The fourth-order valence-electron chi connectivity index (χ4n) is 1.75. The molecule has 0 unspecified atom stereocenters. The number of rotatable bonds is 2. The molecule has 1 aliphatic heterocycles. The van der Waals surface area contributed by atoms with Gasteiger partial charge < -0.3 is 25.4 Å². The molecule has 5 heteroatoms. The SMILES string of the molecule is Cc1ccc(N[C@@H]2OC[C@@H](O)[C@@H](O)[C@@H]2O)cc1. The normalized spacial score (nSPS) is 33.4. The van der Waals surface area contributed by atoms with Crippen LogP contribution in [0.4, 0.5) is 5.69 Å². The summed E-state index contributed by atoms with van der Waals surface area (Å²) in [4.78, 5) is 0. The highest BCUT2D eigenvalue weighted by Crippen LogP contribution is 2.18. The molecule has 1 heterocycles. The van der Waals surface area contributed by atoms with E-state index in [-0.39, 0.29) is 6.61 Å². The van der Waals surface area contributed by atoms with Gasteiger partial charge >= 0.3 is 0 Å². The van der Waals surface area contributed by atoms with Crippen LogP contribution >= 0.6 is 0 Å². The summed E-state index contributed by atoms with van der Waals surface area (Å²) in [7, 11) is 0. The van der Waals surface area contributed by atoms with Crippen LogP contribution in [0.25, 0.3) is 0 Å². The first-order chi connectivity index (χ1) is 8.08. The fourth-order valence-corrected chi connectivity index (χ4v) is 1.75. The van der Waals surface area contributed by atoms with Crippen molar-refractivity contribution in [3.63, 3.8) is 0 Å². The van der Waals surface area contributed by atoms with Crippen molar-refractivity contribution < 1.29 is 20.1 Å². The Labute approximate surface area is 99.7 Å². The minimum absolute atomic E-state index is 0.00174. The van der Waals surface area contributed by atoms with Crippen LogP contribution in [0.15, 0.2) is 24.3 Å². The van der Waals surface area contributed by atoms with Gasteiger partial charge in [0.25, 0.3) is 0 Å². The van der Waals surface area contributed by atoms with Gasteiger partial charge in [0.05, 0.1) is 6.61 Å². The minimum Gasteiger partial charge on any atom is -0.388 e. The van der Waals surface area contributed by atoms with Crippen molar-refractivity contribution in [2.45, 2.75) is 31.5 Å². The van der Waals surface area contributed by atoms with Gasteiger partial charge in [0.1, 0.15) is 18.3 Å². The summed E-state index contributed by atoms with van der Waals surface area (Å²) in [5, 5.41) is 31.5. The Morgan fingerprint density at radius 3 is 2.41 bits per heavy atom. The molecule has 0 aliphatic carbocycles. The average Bonchev–Trinajstić information content (AvgIpc) is 2.33. The quantitative estimate of drug-likeness (QED) is 0.577. The van der Waals surface area contributed by atoms with E-state index in [2.05, 4.69) is 5.32 Å². The first kappa shape index (κ1) is 12.3. The van der Waals surface area contributed by atoms with Crippen LogP contribution in [0, 0.1) is 6.92 Å². The lowest BCUT2D eigenvalue weighted by molar-refractivity contribution is -0.178. The van der Waals surface area contributed by atoms with E-state index < -0.39 is 24.5 Å². The highest BCUT2D eigenvalue weighted by atomic mass is 16.5. The van der Waals surface area contributed by atoms with Gasteiger partial charge in [0.15, 0.2) is 6.23 Å². The van der Waals surface area contributed by atoms with Crippen molar-refractivity contribution in [1.29, 1.82) is 0 Å². The molecule has 0 aromatic heterocycles. The van der Waals surface area contributed by atoms with E-state index in [9.17, 15) is 15.3 Å². The standard InChI is InChI=1S/C12H17NO4/c1-7-2-4-8(5-3-7)13-12-11(16)10(15)9(14)6-17-12/h2-5,9-16H,6H2,1H3/t9-,10-,11+,12-/m1/s1. The summed E-state index contributed by atoms with van der Waals surface area (Å²) in [6.45, 7) is 1.98. The zero-order valence-electron chi connectivity index (χ0n) is 9.58. The van der Waals surface area contributed by atoms with Gasteiger partial charge in [-0.15, -0.1) is 0 Å². The molecule has 1 aromatic carbocycles. The lowest BCUT2D eigenvalue weighted by Crippen LogP contribution is -2.55. The largest absolute Gasteiger partial charge is 0.388 e. The Bertz CT molecular complexity index is 367. The molecule has 94 valence electrons. The van der Waals surface area contributed by atoms with Crippen LogP contribution in [0.2, 0.25) is 0 Å². The van der Waals surface area contributed by atoms with E-state index in [1.807, 2.05) is 31.2 Å². The Balaban J connectivity index is 2.01. The van der Waals surface area contributed by atoms with Crippen molar-refractivity contribution in [3.8, 4) is 0 Å². The van der Waals surface area contributed by atoms with Crippen LogP contribution < -0.4 is 5.32 Å². The fraction of sp³-hybridized carbons (Fsp3) is 0.500. The van der Waals surface area contributed by atoms with E-state index in [1.54, 1.807) is 0 Å².